The standard InChI is InChI=1S/C17H26N2O3S/c1-17(2,3)22-16(21)19-8-5-6-13(11-19)10-18(4)15(20)14-7-9-23-12-14/h7,9,12-13H,5-6,8,10-11H2,1-4H3/t13-/m1/s1. The first-order valence-electron chi connectivity index (χ1n) is 8.02. The number of ether oxygens (including phenoxy) is 1. The highest BCUT2D eigenvalue weighted by Gasteiger charge is 2.28. The summed E-state index contributed by atoms with van der Waals surface area (Å²) < 4.78 is 5.44. The van der Waals surface area contributed by atoms with Crippen molar-refractivity contribution < 1.29 is 14.3 Å². The van der Waals surface area contributed by atoms with Crippen LogP contribution < -0.4 is 0 Å². The summed E-state index contributed by atoms with van der Waals surface area (Å²) in [4.78, 5) is 28.0. The molecule has 0 unspecified atom stereocenters. The molecule has 0 aromatic carbocycles. The molecule has 0 saturated carbocycles. The topological polar surface area (TPSA) is 49.9 Å². The van der Waals surface area contributed by atoms with Crippen molar-refractivity contribution in [2.45, 2.75) is 39.2 Å². The average Bonchev–Trinajstić information content (AvgIpc) is 2.99. The molecule has 2 heterocycles. The number of thiophene rings is 1. The molecule has 1 atom stereocenters. The van der Waals surface area contributed by atoms with Crippen LogP contribution in [-0.4, -0.2) is 54.1 Å². The Hall–Kier alpha value is -1.56. The lowest BCUT2D eigenvalue weighted by Gasteiger charge is -2.35. The molecule has 0 spiro atoms. The molecule has 1 fully saturated rings. The summed E-state index contributed by atoms with van der Waals surface area (Å²) in [7, 11) is 1.83. The smallest absolute Gasteiger partial charge is 0.410 e. The van der Waals surface area contributed by atoms with E-state index in [1.807, 2.05) is 44.6 Å². The minimum atomic E-state index is -0.476. The second-order valence-corrected chi connectivity index (χ2v) is 7.91. The molecule has 0 aliphatic carbocycles. The first-order valence-corrected chi connectivity index (χ1v) is 8.96. The monoisotopic (exact) mass is 338 g/mol. The quantitative estimate of drug-likeness (QED) is 0.848. The highest BCUT2D eigenvalue weighted by Crippen LogP contribution is 2.21. The molecule has 0 radical (unpaired) electrons. The third kappa shape index (κ3) is 5.23. The fourth-order valence-electron chi connectivity index (χ4n) is 2.78. The van der Waals surface area contributed by atoms with Crippen LogP contribution in [0, 0.1) is 5.92 Å². The molecule has 1 aromatic heterocycles. The van der Waals surface area contributed by atoms with Crippen LogP contribution >= 0.6 is 11.3 Å². The maximum Gasteiger partial charge on any atom is 0.410 e. The lowest BCUT2D eigenvalue weighted by atomic mass is 9.97. The second-order valence-electron chi connectivity index (χ2n) is 7.13. The van der Waals surface area contributed by atoms with Gasteiger partial charge in [-0.2, -0.15) is 11.3 Å². The molecule has 5 nitrogen and oxygen atoms in total. The van der Waals surface area contributed by atoms with E-state index in [9.17, 15) is 9.59 Å². The van der Waals surface area contributed by atoms with E-state index >= 15 is 0 Å². The van der Waals surface area contributed by atoms with Crippen LogP contribution in [0.5, 0.6) is 0 Å². The van der Waals surface area contributed by atoms with Crippen LogP contribution in [0.1, 0.15) is 44.0 Å². The van der Waals surface area contributed by atoms with Crippen LogP contribution in [0.15, 0.2) is 16.8 Å². The Balaban J connectivity index is 1.88. The molecular weight excluding hydrogens is 312 g/mol. The van der Waals surface area contributed by atoms with Gasteiger partial charge in [-0.15, -0.1) is 0 Å². The molecule has 1 aliphatic rings. The van der Waals surface area contributed by atoms with E-state index < -0.39 is 5.60 Å². The number of carbonyl (C=O) groups is 2. The van der Waals surface area contributed by atoms with E-state index in [2.05, 4.69) is 0 Å². The predicted molar refractivity (Wildman–Crippen MR) is 91.8 cm³/mol. The van der Waals surface area contributed by atoms with Crippen LogP contribution in [0.25, 0.3) is 0 Å². The van der Waals surface area contributed by atoms with Gasteiger partial charge in [0.25, 0.3) is 5.91 Å². The highest BCUT2D eigenvalue weighted by atomic mass is 32.1. The Labute approximate surface area is 142 Å². The third-order valence-electron chi connectivity index (χ3n) is 3.82. The maximum atomic E-state index is 12.3. The summed E-state index contributed by atoms with van der Waals surface area (Å²) in [6, 6.07) is 1.84. The van der Waals surface area contributed by atoms with Crippen LogP contribution in [0.2, 0.25) is 0 Å². The zero-order chi connectivity index (χ0) is 17.0. The number of likely N-dealkylation sites (tertiary alicyclic amines) is 1. The molecule has 2 amide bonds. The number of carbonyl (C=O) groups excluding carboxylic acids is 2. The first kappa shape index (κ1) is 17.8. The van der Waals surface area contributed by atoms with E-state index in [0.29, 0.717) is 19.0 Å². The van der Waals surface area contributed by atoms with Crippen LogP contribution in [-0.2, 0) is 4.74 Å². The Morgan fingerprint density at radius 2 is 2.17 bits per heavy atom. The largest absolute Gasteiger partial charge is 0.444 e. The van der Waals surface area contributed by atoms with Crippen molar-refractivity contribution in [1.82, 2.24) is 9.80 Å². The number of rotatable bonds is 3. The third-order valence-corrected chi connectivity index (χ3v) is 4.50. The van der Waals surface area contributed by atoms with Gasteiger partial charge in [0.05, 0.1) is 5.56 Å². The van der Waals surface area contributed by atoms with E-state index in [1.54, 1.807) is 9.80 Å². The molecule has 2 rings (SSSR count). The minimum Gasteiger partial charge on any atom is -0.444 e. The lowest BCUT2D eigenvalue weighted by Crippen LogP contribution is -2.45. The Morgan fingerprint density at radius 1 is 1.43 bits per heavy atom. The molecular formula is C17H26N2O3S. The van der Waals surface area contributed by atoms with Crippen LogP contribution in [0.3, 0.4) is 0 Å². The Morgan fingerprint density at radius 3 is 2.78 bits per heavy atom. The van der Waals surface area contributed by atoms with Crippen molar-refractivity contribution in [1.29, 1.82) is 0 Å². The highest BCUT2D eigenvalue weighted by molar-refractivity contribution is 7.08. The molecule has 6 heteroatoms. The van der Waals surface area contributed by atoms with Gasteiger partial charge in [-0.05, 0) is 51.0 Å². The van der Waals surface area contributed by atoms with Gasteiger partial charge in [0.15, 0.2) is 0 Å². The van der Waals surface area contributed by atoms with Gasteiger partial charge in [-0.1, -0.05) is 0 Å². The van der Waals surface area contributed by atoms with Gasteiger partial charge >= 0.3 is 6.09 Å². The Bertz CT molecular complexity index is 537. The molecule has 1 aromatic rings. The summed E-state index contributed by atoms with van der Waals surface area (Å²) in [5, 5.41) is 3.78. The van der Waals surface area contributed by atoms with Crippen molar-refractivity contribution in [3.63, 3.8) is 0 Å². The fourth-order valence-corrected chi connectivity index (χ4v) is 3.41. The van der Waals surface area contributed by atoms with E-state index in [0.717, 1.165) is 24.9 Å². The summed E-state index contributed by atoms with van der Waals surface area (Å²) in [6.07, 6.45) is 1.72. The lowest BCUT2D eigenvalue weighted by molar-refractivity contribution is 0.0151. The molecule has 1 saturated heterocycles. The first-order chi connectivity index (χ1) is 10.8. The number of hydrogen-bond donors (Lipinski definition) is 0. The van der Waals surface area contributed by atoms with E-state index in [-0.39, 0.29) is 12.0 Å². The maximum absolute atomic E-state index is 12.3. The van der Waals surface area contributed by atoms with Crippen molar-refractivity contribution >= 4 is 23.3 Å². The van der Waals surface area contributed by atoms with E-state index in [4.69, 9.17) is 4.74 Å². The van der Waals surface area contributed by atoms with Gasteiger partial charge in [0.1, 0.15) is 5.60 Å². The predicted octanol–water partition coefficient (Wildman–Crippen LogP) is 3.47. The number of hydrogen-bond acceptors (Lipinski definition) is 4. The average molecular weight is 338 g/mol. The summed E-state index contributed by atoms with van der Waals surface area (Å²) in [5.41, 5.74) is 0.257. The molecule has 23 heavy (non-hydrogen) atoms. The van der Waals surface area contributed by atoms with Gasteiger partial charge in [-0.3, -0.25) is 4.79 Å². The van der Waals surface area contributed by atoms with Gasteiger partial charge in [0.2, 0.25) is 0 Å². The van der Waals surface area contributed by atoms with Gasteiger partial charge < -0.3 is 14.5 Å². The second kappa shape index (κ2) is 7.34. The summed E-state index contributed by atoms with van der Waals surface area (Å²) in [5.74, 6) is 0.337. The molecule has 0 N–H and O–H groups in total. The zero-order valence-corrected chi connectivity index (χ0v) is 15.2. The minimum absolute atomic E-state index is 0.0423. The van der Waals surface area contributed by atoms with Crippen molar-refractivity contribution in [2.24, 2.45) is 5.92 Å². The normalized spacial score (nSPS) is 18.6. The van der Waals surface area contributed by atoms with Gasteiger partial charge in [-0.25, -0.2) is 4.79 Å². The van der Waals surface area contributed by atoms with Crippen molar-refractivity contribution in [2.75, 3.05) is 26.7 Å². The molecule has 1 aliphatic heterocycles. The van der Waals surface area contributed by atoms with Gasteiger partial charge in [0, 0.05) is 32.1 Å². The summed E-state index contributed by atoms with van der Waals surface area (Å²) in [6.45, 7) is 7.66. The SMILES string of the molecule is CN(C[C@H]1CCCN(C(=O)OC(C)(C)C)C1)C(=O)c1ccsc1. The molecule has 128 valence electrons. The zero-order valence-electron chi connectivity index (χ0n) is 14.4. The number of piperidine rings is 1. The van der Waals surface area contributed by atoms with Crippen molar-refractivity contribution in [3.8, 4) is 0 Å². The number of nitrogens with zero attached hydrogens (tertiary/aromatic N) is 2. The van der Waals surface area contributed by atoms with Crippen molar-refractivity contribution in [3.05, 3.63) is 22.4 Å². The summed E-state index contributed by atoms with van der Waals surface area (Å²) >= 11 is 1.52. The van der Waals surface area contributed by atoms with E-state index in [1.165, 1.54) is 11.3 Å². The van der Waals surface area contributed by atoms with Crippen LogP contribution in [0.4, 0.5) is 4.79 Å². The Kier molecular flexibility index (Phi) is 5.68. The fraction of sp³-hybridized carbons (Fsp3) is 0.647. The molecule has 0 bridgehead atoms. The number of amides is 2.